The van der Waals surface area contributed by atoms with Gasteiger partial charge in [0, 0.05) is 11.0 Å². The van der Waals surface area contributed by atoms with E-state index < -0.39 is 0 Å². The maximum atomic E-state index is 11.3. The number of thiophene rings is 1. The highest BCUT2D eigenvalue weighted by molar-refractivity contribution is 9.11. The summed E-state index contributed by atoms with van der Waals surface area (Å²) in [6, 6.07) is 3.87. The zero-order valence-corrected chi connectivity index (χ0v) is 11.8. The molecule has 0 bridgehead atoms. The first-order valence-corrected chi connectivity index (χ1v) is 6.39. The molecule has 1 rings (SSSR count). The molecule has 3 nitrogen and oxygen atoms in total. The molecule has 88 valence electrons. The maximum Gasteiger partial charge on any atom is 0.267 e. The second kappa shape index (κ2) is 5.61. The molecule has 0 atom stereocenters. The molecule has 16 heavy (non-hydrogen) atoms. The first-order chi connectivity index (χ1) is 7.37. The molecule has 1 N–H and O–H groups in total. The number of halogens is 1. The molecule has 1 amide bonds. The zero-order valence-electron chi connectivity index (χ0n) is 9.41. The lowest BCUT2D eigenvalue weighted by Crippen LogP contribution is -2.32. The van der Waals surface area contributed by atoms with Crippen LogP contribution in [0.15, 0.2) is 22.0 Å². The lowest BCUT2D eigenvalue weighted by Gasteiger charge is -2.17. The average molecular weight is 304 g/mol. The number of nitrogens with one attached hydrogen (secondary N) is 1. The summed E-state index contributed by atoms with van der Waals surface area (Å²) < 4.78 is 1.04. The van der Waals surface area contributed by atoms with Crippen LogP contribution in [0.3, 0.4) is 0 Å². The Morgan fingerprint density at radius 2 is 2.19 bits per heavy atom. The van der Waals surface area contributed by atoms with Crippen LogP contribution in [-0.2, 0) is 9.63 Å². The number of rotatable bonds is 3. The van der Waals surface area contributed by atoms with E-state index in [2.05, 4.69) is 21.4 Å². The summed E-state index contributed by atoms with van der Waals surface area (Å²) in [5.74, 6) is -0.264. The molecule has 0 fully saturated rings. The van der Waals surface area contributed by atoms with E-state index >= 15 is 0 Å². The number of carbonyl (C=O) groups is 1. The predicted molar refractivity (Wildman–Crippen MR) is 70.0 cm³/mol. The Balaban J connectivity index is 2.43. The summed E-state index contributed by atoms with van der Waals surface area (Å²) in [7, 11) is 0. The van der Waals surface area contributed by atoms with Crippen molar-refractivity contribution in [3.05, 3.63) is 26.9 Å². The van der Waals surface area contributed by atoms with Crippen LogP contribution in [0.25, 0.3) is 6.08 Å². The smallest absolute Gasteiger partial charge is 0.267 e. The van der Waals surface area contributed by atoms with Gasteiger partial charge in [-0.25, -0.2) is 5.48 Å². The summed E-state index contributed by atoms with van der Waals surface area (Å²) in [5.41, 5.74) is 1.99. The van der Waals surface area contributed by atoms with E-state index in [-0.39, 0.29) is 11.5 Å². The lowest BCUT2D eigenvalue weighted by molar-refractivity contribution is -0.140. The van der Waals surface area contributed by atoms with Gasteiger partial charge < -0.3 is 0 Å². The highest BCUT2D eigenvalue weighted by atomic mass is 79.9. The monoisotopic (exact) mass is 303 g/mol. The van der Waals surface area contributed by atoms with Crippen molar-refractivity contribution in [1.82, 2.24) is 5.48 Å². The van der Waals surface area contributed by atoms with Crippen molar-refractivity contribution in [2.24, 2.45) is 0 Å². The van der Waals surface area contributed by atoms with E-state index in [4.69, 9.17) is 4.84 Å². The van der Waals surface area contributed by atoms with Crippen molar-refractivity contribution in [2.45, 2.75) is 26.4 Å². The van der Waals surface area contributed by atoms with Crippen LogP contribution in [0.2, 0.25) is 0 Å². The fourth-order valence-electron chi connectivity index (χ4n) is 0.813. The minimum Gasteiger partial charge on any atom is -0.268 e. The Morgan fingerprint density at radius 3 is 2.69 bits per heavy atom. The molecule has 1 aromatic heterocycles. The highest BCUT2D eigenvalue weighted by Crippen LogP contribution is 2.22. The van der Waals surface area contributed by atoms with Crippen molar-refractivity contribution in [1.29, 1.82) is 0 Å². The van der Waals surface area contributed by atoms with E-state index in [1.807, 2.05) is 32.9 Å². The zero-order chi connectivity index (χ0) is 12.2. The molecule has 0 aliphatic rings. The number of hydroxylamine groups is 1. The van der Waals surface area contributed by atoms with Gasteiger partial charge in [0.25, 0.3) is 5.91 Å². The molecular formula is C11H14BrNO2S. The van der Waals surface area contributed by atoms with Crippen molar-refractivity contribution < 1.29 is 9.63 Å². The second-order valence-corrected chi connectivity index (χ2v) is 6.65. The van der Waals surface area contributed by atoms with Gasteiger partial charge in [-0.05, 0) is 54.9 Å². The molecule has 0 aromatic carbocycles. The van der Waals surface area contributed by atoms with Gasteiger partial charge in [0.05, 0.1) is 9.39 Å². The van der Waals surface area contributed by atoms with E-state index in [1.165, 1.54) is 6.08 Å². The van der Waals surface area contributed by atoms with Gasteiger partial charge in [-0.1, -0.05) is 0 Å². The van der Waals surface area contributed by atoms with Crippen LogP contribution in [0.4, 0.5) is 0 Å². The third kappa shape index (κ3) is 5.44. The standard InChI is InChI=1S/C11H14BrNO2S/c1-11(2,3)15-13-10(14)7-5-8-4-6-9(12)16-8/h4-7H,1-3H3,(H,13,14)/b7-5+. The van der Waals surface area contributed by atoms with Crippen LogP contribution in [0, 0.1) is 0 Å². The summed E-state index contributed by atoms with van der Waals surface area (Å²) >= 11 is 4.92. The summed E-state index contributed by atoms with van der Waals surface area (Å²) in [6.45, 7) is 5.61. The first-order valence-electron chi connectivity index (χ1n) is 4.78. The molecule has 1 heterocycles. The van der Waals surface area contributed by atoms with Crippen LogP contribution >= 0.6 is 27.3 Å². The Bertz CT molecular complexity index is 393. The number of carbonyl (C=O) groups excluding carboxylic acids is 1. The molecule has 0 saturated carbocycles. The fourth-order valence-corrected chi connectivity index (χ4v) is 2.14. The Kier molecular flexibility index (Phi) is 4.70. The molecule has 0 aliphatic heterocycles. The van der Waals surface area contributed by atoms with Gasteiger partial charge in [0.1, 0.15) is 0 Å². The van der Waals surface area contributed by atoms with Crippen LogP contribution < -0.4 is 5.48 Å². The number of hydrogen-bond donors (Lipinski definition) is 1. The van der Waals surface area contributed by atoms with Crippen LogP contribution in [0.5, 0.6) is 0 Å². The van der Waals surface area contributed by atoms with Crippen molar-refractivity contribution in [2.75, 3.05) is 0 Å². The molecule has 5 heteroatoms. The van der Waals surface area contributed by atoms with Crippen molar-refractivity contribution >= 4 is 39.2 Å². The van der Waals surface area contributed by atoms with Gasteiger partial charge in [0.15, 0.2) is 0 Å². The molecule has 0 unspecified atom stereocenters. The average Bonchev–Trinajstić information content (AvgIpc) is 2.57. The van der Waals surface area contributed by atoms with E-state index in [1.54, 1.807) is 17.4 Å². The normalized spacial score (nSPS) is 12.0. The molecule has 0 spiro atoms. The minimum absolute atomic E-state index is 0.264. The largest absolute Gasteiger partial charge is 0.268 e. The van der Waals surface area contributed by atoms with Crippen LogP contribution in [0.1, 0.15) is 25.6 Å². The van der Waals surface area contributed by atoms with Gasteiger partial charge in [-0.15, -0.1) is 11.3 Å². The quantitative estimate of drug-likeness (QED) is 0.687. The van der Waals surface area contributed by atoms with Gasteiger partial charge >= 0.3 is 0 Å². The third-order valence-electron chi connectivity index (χ3n) is 1.45. The van der Waals surface area contributed by atoms with E-state index in [9.17, 15) is 4.79 Å². The summed E-state index contributed by atoms with van der Waals surface area (Å²) in [4.78, 5) is 17.5. The van der Waals surface area contributed by atoms with Crippen molar-refractivity contribution in [3.8, 4) is 0 Å². The van der Waals surface area contributed by atoms with Gasteiger partial charge in [0.2, 0.25) is 0 Å². The maximum absolute atomic E-state index is 11.3. The Labute approximate surface area is 108 Å². The second-order valence-electron chi connectivity index (χ2n) is 4.16. The van der Waals surface area contributed by atoms with E-state index in [0.29, 0.717) is 0 Å². The molecular weight excluding hydrogens is 290 g/mol. The highest BCUT2D eigenvalue weighted by Gasteiger charge is 2.11. The van der Waals surface area contributed by atoms with Gasteiger partial charge in [-0.2, -0.15) is 0 Å². The minimum atomic E-state index is -0.380. The predicted octanol–water partition coefficient (Wildman–Crippen LogP) is 3.37. The van der Waals surface area contributed by atoms with Crippen molar-refractivity contribution in [3.63, 3.8) is 0 Å². The topological polar surface area (TPSA) is 38.3 Å². The number of amides is 1. The molecule has 0 aliphatic carbocycles. The van der Waals surface area contributed by atoms with Crippen LogP contribution in [-0.4, -0.2) is 11.5 Å². The number of hydrogen-bond acceptors (Lipinski definition) is 3. The Morgan fingerprint density at radius 1 is 1.50 bits per heavy atom. The van der Waals surface area contributed by atoms with Gasteiger partial charge in [-0.3, -0.25) is 9.63 Å². The molecule has 0 saturated heterocycles. The third-order valence-corrected chi connectivity index (χ3v) is 3.04. The molecule has 0 radical (unpaired) electrons. The first kappa shape index (κ1) is 13.4. The SMILES string of the molecule is CC(C)(C)ONC(=O)/C=C/c1ccc(Br)s1. The fraction of sp³-hybridized carbons (Fsp3) is 0.364. The van der Waals surface area contributed by atoms with E-state index in [0.717, 1.165) is 8.66 Å². The summed E-state index contributed by atoms with van der Waals surface area (Å²) in [5, 5.41) is 0. The molecule has 1 aromatic rings. The lowest BCUT2D eigenvalue weighted by atomic mass is 10.2. The Hall–Kier alpha value is -0.650. The summed E-state index contributed by atoms with van der Waals surface area (Å²) in [6.07, 6.45) is 3.20.